The van der Waals surface area contributed by atoms with Crippen LogP contribution in [0.3, 0.4) is 0 Å². The third kappa shape index (κ3) is 2.79. The Bertz CT molecular complexity index is 471. The van der Waals surface area contributed by atoms with Gasteiger partial charge in [-0.1, -0.05) is 5.16 Å². The van der Waals surface area contributed by atoms with Crippen LogP contribution in [0.25, 0.3) is 0 Å². The van der Waals surface area contributed by atoms with E-state index in [1.54, 1.807) is 19.3 Å². The molecule has 0 aliphatic heterocycles. The first kappa shape index (κ1) is 11.1. The van der Waals surface area contributed by atoms with Gasteiger partial charge in [0.05, 0.1) is 10.2 Å². The lowest BCUT2D eigenvalue weighted by atomic mass is 10.3. The molecule has 0 aliphatic carbocycles. The molecule has 2 aromatic heterocycles. The van der Waals surface area contributed by atoms with Gasteiger partial charge in [-0.05, 0) is 28.9 Å². The van der Waals surface area contributed by atoms with Crippen LogP contribution in [0.15, 0.2) is 27.5 Å². The van der Waals surface area contributed by atoms with Crippen LogP contribution in [0.1, 0.15) is 11.7 Å². The van der Waals surface area contributed by atoms with E-state index in [1.165, 1.54) is 0 Å². The lowest BCUT2D eigenvalue weighted by Gasteiger charge is -2.05. The van der Waals surface area contributed by atoms with E-state index in [4.69, 9.17) is 4.52 Å². The highest BCUT2D eigenvalue weighted by Gasteiger charge is 2.03. The molecule has 2 rings (SSSR count). The number of aromatic nitrogens is 3. The molecule has 0 amide bonds. The first-order valence-corrected chi connectivity index (χ1v) is 5.67. The van der Waals surface area contributed by atoms with E-state index in [-0.39, 0.29) is 0 Å². The van der Waals surface area contributed by atoms with Crippen molar-refractivity contribution in [3.05, 3.63) is 34.6 Å². The molecule has 2 heterocycles. The Morgan fingerprint density at radius 1 is 1.50 bits per heavy atom. The van der Waals surface area contributed by atoms with Crippen molar-refractivity contribution in [3.63, 3.8) is 0 Å². The molecule has 0 fully saturated rings. The average molecular weight is 283 g/mol. The molecule has 0 aromatic carbocycles. The largest absolute Gasteiger partial charge is 0.384 e. The Hall–Kier alpha value is -1.43. The maximum absolute atomic E-state index is 5.01. The molecule has 0 radical (unpaired) electrons. The highest BCUT2D eigenvalue weighted by molar-refractivity contribution is 9.10. The van der Waals surface area contributed by atoms with Crippen LogP contribution in [0.5, 0.6) is 0 Å². The van der Waals surface area contributed by atoms with Gasteiger partial charge in [-0.15, -0.1) is 0 Å². The molecule has 2 aromatic rings. The van der Waals surface area contributed by atoms with Crippen molar-refractivity contribution < 1.29 is 4.52 Å². The Balaban J connectivity index is 1.87. The minimum atomic E-state index is 0.648. The Labute approximate surface area is 101 Å². The maximum Gasteiger partial charge on any atom is 0.228 e. The molecule has 0 saturated heterocycles. The molecule has 0 atom stereocenters. The molecule has 0 aliphatic rings. The molecule has 0 saturated carbocycles. The van der Waals surface area contributed by atoms with Gasteiger partial charge in [-0.25, -0.2) is 0 Å². The second kappa shape index (κ2) is 5.07. The zero-order valence-corrected chi connectivity index (χ0v) is 10.4. The quantitative estimate of drug-likeness (QED) is 0.931. The summed E-state index contributed by atoms with van der Waals surface area (Å²) in [5.74, 6) is 1.32. The zero-order valence-electron chi connectivity index (χ0n) is 8.77. The normalized spacial score (nSPS) is 10.4. The number of rotatable bonds is 4. The van der Waals surface area contributed by atoms with Gasteiger partial charge in [-0.3, -0.25) is 4.98 Å². The fourth-order valence-electron chi connectivity index (χ4n) is 1.26. The average Bonchev–Trinajstić information content (AvgIpc) is 2.67. The highest BCUT2D eigenvalue weighted by atomic mass is 79.9. The standard InChI is InChI=1S/C10H11BrN4O/c1-7-14-10(16-15-7)3-5-13-9-2-4-12-6-8(9)11/h2,4,6H,3,5H2,1H3,(H,12,13). The molecule has 0 unspecified atom stereocenters. The van der Waals surface area contributed by atoms with E-state index in [0.29, 0.717) is 18.1 Å². The molecule has 84 valence electrons. The lowest BCUT2D eigenvalue weighted by Crippen LogP contribution is -2.05. The Kier molecular flexibility index (Phi) is 3.51. The molecular weight excluding hydrogens is 272 g/mol. The van der Waals surface area contributed by atoms with Crippen LogP contribution in [-0.4, -0.2) is 21.7 Å². The number of pyridine rings is 1. The fourth-order valence-corrected chi connectivity index (χ4v) is 1.65. The number of hydrogen-bond acceptors (Lipinski definition) is 5. The Morgan fingerprint density at radius 3 is 3.06 bits per heavy atom. The lowest BCUT2D eigenvalue weighted by molar-refractivity contribution is 0.377. The van der Waals surface area contributed by atoms with Crippen molar-refractivity contribution in [1.82, 2.24) is 15.1 Å². The first-order chi connectivity index (χ1) is 7.75. The van der Waals surface area contributed by atoms with E-state index in [1.807, 2.05) is 6.07 Å². The van der Waals surface area contributed by atoms with Gasteiger partial charge in [0.15, 0.2) is 5.82 Å². The summed E-state index contributed by atoms with van der Waals surface area (Å²) in [4.78, 5) is 8.11. The van der Waals surface area contributed by atoms with Crippen molar-refractivity contribution in [1.29, 1.82) is 0 Å². The topological polar surface area (TPSA) is 63.8 Å². The second-order valence-corrected chi connectivity index (χ2v) is 4.12. The van der Waals surface area contributed by atoms with Crippen LogP contribution in [-0.2, 0) is 6.42 Å². The number of hydrogen-bond donors (Lipinski definition) is 1. The third-order valence-corrected chi connectivity index (χ3v) is 2.63. The van der Waals surface area contributed by atoms with Gasteiger partial charge in [-0.2, -0.15) is 4.98 Å². The highest BCUT2D eigenvalue weighted by Crippen LogP contribution is 2.19. The molecular formula is C10H11BrN4O. The van der Waals surface area contributed by atoms with Crippen LogP contribution in [0, 0.1) is 6.92 Å². The predicted molar refractivity (Wildman–Crippen MR) is 63.2 cm³/mol. The van der Waals surface area contributed by atoms with E-state index in [2.05, 4.69) is 36.4 Å². The predicted octanol–water partition coefficient (Wildman–Crippen LogP) is 2.19. The maximum atomic E-state index is 5.01. The molecule has 6 heteroatoms. The summed E-state index contributed by atoms with van der Waals surface area (Å²) in [7, 11) is 0. The van der Waals surface area contributed by atoms with Gasteiger partial charge in [0, 0.05) is 25.4 Å². The summed E-state index contributed by atoms with van der Waals surface area (Å²) < 4.78 is 5.95. The van der Waals surface area contributed by atoms with Crippen molar-refractivity contribution in [2.45, 2.75) is 13.3 Å². The van der Waals surface area contributed by atoms with E-state index in [0.717, 1.165) is 16.7 Å². The third-order valence-electron chi connectivity index (χ3n) is 2.00. The summed E-state index contributed by atoms with van der Waals surface area (Å²) in [5.41, 5.74) is 1.01. The van der Waals surface area contributed by atoms with Crippen LogP contribution in [0.4, 0.5) is 5.69 Å². The van der Waals surface area contributed by atoms with E-state index < -0.39 is 0 Å². The minimum absolute atomic E-state index is 0.648. The molecule has 0 spiro atoms. The van der Waals surface area contributed by atoms with Gasteiger partial charge in [0.25, 0.3) is 0 Å². The van der Waals surface area contributed by atoms with Crippen molar-refractivity contribution in [2.75, 3.05) is 11.9 Å². The minimum Gasteiger partial charge on any atom is -0.384 e. The van der Waals surface area contributed by atoms with Gasteiger partial charge < -0.3 is 9.84 Å². The smallest absolute Gasteiger partial charge is 0.228 e. The van der Waals surface area contributed by atoms with Crippen molar-refractivity contribution in [3.8, 4) is 0 Å². The fraction of sp³-hybridized carbons (Fsp3) is 0.300. The summed E-state index contributed by atoms with van der Waals surface area (Å²) >= 11 is 3.41. The molecule has 5 nitrogen and oxygen atoms in total. The molecule has 0 bridgehead atoms. The summed E-state index contributed by atoms with van der Waals surface area (Å²) in [6.07, 6.45) is 4.19. The number of nitrogens with one attached hydrogen (secondary N) is 1. The van der Waals surface area contributed by atoms with Crippen LogP contribution in [0.2, 0.25) is 0 Å². The summed E-state index contributed by atoms with van der Waals surface area (Å²) in [6, 6.07) is 1.91. The van der Waals surface area contributed by atoms with Crippen LogP contribution < -0.4 is 5.32 Å². The first-order valence-electron chi connectivity index (χ1n) is 4.88. The molecule has 1 N–H and O–H groups in total. The summed E-state index contributed by atoms with van der Waals surface area (Å²) in [6.45, 7) is 2.55. The van der Waals surface area contributed by atoms with Crippen molar-refractivity contribution >= 4 is 21.6 Å². The number of aryl methyl sites for hydroxylation is 1. The SMILES string of the molecule is Cc1noc(CCNc2ccncc2Br)n1. The van der Waals surface area contributed by atoms with E-state index in [9.17, 15) is 0 Å². The van der Waals surface area contributed by atoms with Gasteiger partial charge in [0.1, 0.15) is 0 Å². The number of anilines is 1. The van der Waals surface area contributed by atoms with Gasteiger partial charge in [0.2, 0.25) is 5.89 Å². The number of nitrogens with zero attached hydrogens (tertiary/aromatic N) is 3. The summed E-state index contributed by atoms with van der Waals surface area (Å²) in [5, 5.41) is 6.98. The van der Waals surface area contributed by atoms with Crippen LogP contribution >= 0.6 is 15.9 Å². The number of halogens is 1. The second-order valence-electron chi connectivity index (χ2n) is 3.27. The van der Waals surface area contributed by atoms with E-state index >= 15 is 0 Å². The zero-order chi connectivity index (χ0) is 11.4. The monoisotopic (exact) mass is 282 g/mol. The van der Waals surface area contributed by atoms with Gasteiger partial charge >= 0.3 is 0 Å². The Morgan fingerprint density at radius 2 is 2.38 bits per heavy atom. The van der Waals surface area contributed by atoms with Crippen molar-refractivity contribution in [2.24, 2.45) is 0 Å². The molecule has 16 heavy (non-hydrogen) atoms.